The lowest BCUT2D eigenvalue weighted by Crippen LogP contribution is -2.02. The van der Waals surface area contributed by atoms with Gasteiger partial charge in [-0.15, -0.1) is 0 Å². The molecular weight excluding hydrogens is 251 g/mol. The number of nitrogens with one attached hydrogen (secondary N) is 1. The van der Waals surface area contributed by atoms with Crippen molar-refractivity contribution in [1.82, 2.24) is 9.97 Å². The molecule has 0 bridgehead atoms. The summed E-state index contributed by atoms with van der Waals surface area (Å²) in [6.07, 6.45) is -0.483. The zero-order chi connectivity index (χ0) is 13.6. The van der Waals surface area contributed by atoms with Crippen LogP contribution in [0.25, 0.3) is 0 Å². The molecule has 0 aliphatic rings. The highest BCUT2D eigenvalue weighted by Gasteiger charge is 2.33. The number of nitrogens with zero attached hydrogens (tertiary/aromatic N) is 2. The number of H-pyrrole nitrogens is 1. The first-order chi connectivity index (χ1) is 8.41. The van der Waals surface area contributed by atoms with Gasteiger partial charge in [0.1, 0.15) is 11.8 Å². The summed E-state index contributed by atoms with van der Waals surface area (Å²) in [6, 6.07) is 6.16. The van der Waals surface area contributed by atoms with Crippen LogP contribution in [0.5, 0.6) is 0 Å². The van der Waals surface area contributed by atoms with Gasteiger partial charge in [-0.1, -0.05) is 6.07 Å². The summed E-state index contributed by atoms with van der Waals surface area (Å²) in [5, 5.41) is 9.95. The fourth-order valence-corrected chi connectivity index (χ4v) is 0.964. The highest BCUT2D eigenvalue weighted by molar-refractivity contribution is 5.28. The van der Waals surface area contributed by atoms with Crippen molar-refractivity contribution in [1.29, 1.82) is 0 Å². The van der Waals surface area contributed by atoms with Gasteiger partial charge in [0.05, 0.1) is 0 Å². The van der Waals surface area contributed by atoms with Gasteiger partial charge in [-0.25, -0.2) is 4.98 Å². The molecule has 1 N–H and O–H groups in total. The van der Waals surface area contributed by atoms with Crippen molar-refractivity contribution in [2.45, 2.75) is 6.18 Å². The van der Waals surface area contributed by atoms with Crippen molar-refractivity contribution in [2.75, 3.05) is 0 Å². The molecule has 0 saturated carbocycles. The van der Waals surface area contributed by atoms with Crippen molar-refractivity contribution < 1.29 is 18.1 Å². The Kier molecular flexibility index (Phi) is 4.41. The van der Waals surface area contributed by atoms with E-state index in [9.17, 15) is 23.3 Å². The lowest BCUT2D eigenvalue weighted by molar-refractivity contribution is -0.389. The molecule has 0 aliphatic heterocycles. The summed E-state index contributed by atoms with van der Waals surface area (Å²) in [5.41, 5.74) is -1.05. The highest BCUT2D eigenvalue weighted by atomic mass is 19.4. The van der Waals surface area contributed by atoms with E-state index in [1.54, 1.807) is 12.4 Å². The Morgan fingerprint density at radius 3 is 2.06 bits per heavy atom. The second kappa shape index (κ2) is 5.80. The Morgan fingerprint density at radius 2 is 1.83 bits per heavy atom. The summed E-state index contributed by atoms with van der Waals surface area (Å²) in [4.78, 5) is 14.7. The minimum absolute atomic E-state index is 0.444. The molecule has 0 radical (unpaired) electrons. The molecule has 2 rings (SSSR count). The molecule has 0 atom stereocenters. The number of pyridine rings is 1. The molecular formula is C10H8F3N3O2. The molecule has 0 fully saturated rings. The van der Waals surface area contributed by atoms with Crippen LogP contribution in [0.15, 0.2) is 42.9 Å². The Balaban J connectivity index is 0.000000225. The molecule has 5 nitrogen and oxygen atoms in total. The van der Waals surface area contributed by atoms with Crippen molar-refractivity contribution in [2.24, 2.45) is 0 Å². The predicted octanol–water partition coefficient (Wildman–Crippen LogP) is 3.02. The van der Waals surface area contributed by atoms with Crippen molar-refractivity contribution in [3.05, 3.63) is 58.5 Å². The molecule has 2 heterocycles. The van der Waals surface area contributed by atoms with Crippen LogP contribution in [0.2, 0.25) is 0 Å². The van der Waals surface area contributed by atoms with E-state index < -0.39 is 22.5 Å². The number of aromatic nitrogens is 2. The summed E-state index contributed by atoms with van der Waals surface area (Å²) >= 11 is 0. The molecule has 0 spiro atoms. The monoisotopic (exact) mass is 259 g/mol. The lowest BCUT2D eigenvalue weighted by Gasteiger charge is -1.98. The zero-order valence-electron chi connectivity index (χ0n) is 8.89. The maximum atomic E-state index is 11.8. The first-order valence-corrected chi connectivity index (χ1v) is 4.66. The fourth-order valence-electron chi connectivity index (χ4n) is 0.964. The SMILES string of the molecule is O=[N+]([O-])c1cc(C(F)(F)F)c[nH]1.c1ccncc1. The van der Waals surface area contributed by atoms with Crippen molar-refractivity contribution in [3.63, 3.8) is 0 Å². The number of hydrogen-bond donors (Lipinski definition) is 1. The summed E-state index contributed by atoms with van der Waals surface area (Å²) in [6.45, 7) is 0. The van der Waals surface area contributed by atoms with E-state index in [2.05, 4.69) is 4.98 Å². The van der Waals surface area contributed by atoms with Crippen LogP contribution in [0.1, 0.15) is 5.56 Å². The Morgan fingerprint density at radius 1 is 1.22 bits per heavy atom. The van der Waals surface area contributed by atoms with Crippen LogP contribution in [0.3, 0.4) is 0 Å². The number of alkyl halides is 3. The number of hydrogen-bond acceptors (Lipinski definition) is 3. The third-order valence-electron chi connectivity index (χ3n) is 1.76. The van der Waals surface area contributed by atoms with Crippen LogP contribution >= 0.6 is 0 Å². The van der Waals surface area contributed by atoms with Crippen molar-refractivity contribution >= 4 is 5.82 Å². The second-order valence-electron chi connectivity index (χ2n) is 3.05. The predicted molar refractivity (Wildman–Crippen MR) is 56.7 cm³/mol. The average molecular weight is 259 g/mol. The first-order valence-electron chi connectivity index (χ1n) is 4.66. The van der Waals surface area contributed by atoms with Gasteiger partial charge in [0, 0.05) is 18.5 Å². The first kappa shape index (κ1) is 13.7. The van der Waals surface area contributed by atoms with Crippen LogP contribution in [-0.4, -0.2) is 14.9 Å². The number of aromatic amines is 1. The standard InChI is InChI=1S/C5H3F3N2O2.C5H5N/c6-5(7,8)3-1-4(9-2-3)10(11)12;1-2-4-6-5-3-1/h1-2,9H;1-5H. The smallest absolute Gasteiger partial charge is 0.358 e. The minimum atomic E-state index is -4.54. The van der Waals surface area contributed by atoms with Gasteiger partial charge in [0.15, 0.2) is 0 Å². The van der Waals surface area contributed by atoms with Crippen molar-refractivity contribution in [3.8, 4) is 0 Å². The molecule has 2 aromatic heterocycles. The van der Waals surface area contributed by atoms with Gasteiger partial charge >= 0.3 is 12.0 Å². The van der Waals surface area contributed by atoms with Gasteiger partial charge in [-0.05, 0) is 17.1 Å². The van der Waals surface area contributed by atoms with E-state index >= 15 is 0 Å². The van der Waals surface area contributed by atoms with E-state index in [4.69, 9.17) is 0 Å². The average Bonchev–Trinajstić information content (AvgIpc) is 2.81. The fraction of sp³-hybridized carbons (Fsp3) is 0.100. The second-order valence-corrected chi connectivity index (χ2v) is 3.05. The molecule has 0 saturated heterocycles. The normalized spacial score (nSPS) is 10.4. The van der Waals surface area contributed by atoms with Gasteiger partial charge < -0.3 is 10.1 Å². The third-order valence-corrected chi connectivity index (χ3v) is 1.76. The molecule has 8 heteroatoms. The van der Waals surface area contributed by atoms with Gasteiger partial charge in [-0.3, -0.25) is 4.98 Å². The van der Waals surface area contributed by atoms with E-state index in [1.807, 2.05) is 23.2 Å². The molecule has 96 valence electrons. The largest absolute Gasteiger partial charge is 0.420 e. The highest BCUT2D eigenvalue weighted by Crippen LogP contribution is 2.30. The van der Waals surface area contributed by atoms with Gasteiger partial charge in [-0.2, -0.15) is 13.2 Å². The summed E-state index contributed by atoms with van der Waals surface area (Å²) in [5.74, 6) is -0.665. The van der Waals surface area contributed by atoms with E-state index in [1.165, 1.54) is 0 Å². The van der Waals surface area contributed by atoms with Crippen LogP contribution in [-0.2, 0) is 6.18 Å². The molecule has 2 aromatic rings. The summed E-state index contributed by atoms with van der Waals surface area (Å²) in [7, 11) is 0. The van der Waals surface area contributed by atoms with Gasteiger partial charge in [0.25, 0.3) is 0 Å². The van der Waals surface area contributed by atoms with E-state index in [0.717, 1.165) is 0 Å². The maximum absolute atomic E-state index is 11.8. The molecule has 0 unspecified atom stereocenters. The topological polar surface area (TPSA) is 71.8 Å². The maximum Gasteiger partial charge on any atom is 0.420 e. The molecule has 0 amide bonds. The number of halogens is 3. The van der Waals surface area contributed by atoms with Crippen LogP contribution in [0, 0.1) is 10.1 Å². The van der Waals surface area contributed by atoms with Gasteiger partial charge in [0.2, 0.25) is 0 Å². The van der Waals surface area contributed by atoms with E-state index in [0.29, 0.717) is 12.3 Å². The summed E-state index contributed by atoms with van der Waals surface area (Å²) < 4.78 is 35.5. The Hall–Kier alpha value is -2.38. The molecule has 0 aliphatic carbocycles. The lowest BCUT2D eigenvalue weighted by atomic mass is 10.3. The Labute approximate surface area is 99.4 Å². The molecule has 0 aromatic carbocycles. The molecule has 18 heavy (non-hydrogen) atoms. The van der Waals surface area contributed by atoms with E-state index in [-0.39, 0.29) is 0 Å². The zero-order valence-corrected chi connectivity index (χ0v) is 8.89. The van der Waals surface area contributed by atoms with Crippen LogP contribution < -0.4 is 0 Å². The minimum Gasteiger partial charge on any atom is -0.358 e. The Bertz CT molecular complexity index is 470. The number of rotatable bonds is 1. The van der Waals surface area contributed by atoms with Crippen LogP contribution in [0.4, 0.5) is 19.0 Å². The third kappa shape index (κ3) is 4.24. The number of nitro groups is 1. The quantitative estimate of drug-likeness (QED) is 0.632.